The normalized spacial score (nSPS) is 16.3. The zero-order valence-electron chi connectivity index (χ0n) is 60.3. The van der Waals surface area contributed by atoms with Gasteiger partial charge in [-0.2, -0.15) is 0 Å². The lowest BCUT2D eigenvalue weighted by Gasteiger charge is -2.41. The number of nitrogens with one attached hydrogen (secondary N) is 5. The molecule has 10 amide bonds. The molecule has 518 valence electrons. The van der Waals surface area contributed by atoms with Crippen LogP contribution >= 0.6 is 0 Å². The van der Waals surface area contributed by atoms with Crippen molar-refractivity contribution in [2.24, 2.45) is 47.3 Å². The van der Waals surface area contributed by atoms with Gasteiger partial charge in [0.05, 0.1) is 18.2 Å². The van der Waals surface area contributed by atoms with E-state index in [1.807, 2.05) is 82.2 Å². The van der Waals surface area contributed by atoms with Crippen LogP contribution in [0.3, 0.4) is 0 Å². The zero-order valence-corrected chi connectivity index (χ0v) is 60.3. The fourth-order valence-electron chi connectivity index (χ4n) is 11.0. The third kappa shape index (κ3) is 25.3. The predicted octanol–water partition coefficient (Wildman–Crippen LogP) is 5.02. The van der Waals surface area contributed by atoms with Crippen molar-refractivity contribution in [3.05, 3.63) is 12.2 Å². The maximum atomic E-state index is 15.1. The Morgan fingerprint density at radius 2 is 0.789 bits per heavy atom. The number of Topliss-reactive ketones (excluding diaryl/α,β-unsaturated/α-hetero) is 1. The highest BCUT2D eigenvalue weighted by Crippen LogP contribution is 2.26. The summed E-state index contributed by atoms with van der Waals surface area (Å²) in [6.45, 7) is 35.7. The average Bonchev–Trinajstić information content (AvgIpc) is 0.844. The van der Waals surface area contributed by atoms with Crippen LogP contribution in [-0.4, -0.2) is 221 Å². The van der Waals surface area contributed by atoms with Crippen LogP contribution in [0.2, 0.25) is 0 Å². The first kappa shape index (κ1) is 84.0. The minimum atomic E-state index is -1.59. The van der Waals surface area contributed by atoms with Crippen molar-refractivity contribution in [2.75, 3.05) is 49.3 Å². The van der Waals surface area contributed by atoms with Crippen molar-refractivity contribution in [3.63, 3.8) is 0 Å². The smallest absolute Gasteiger partial charge is 0.246 e. The molecule has 0 aromatic rings. The molecule has 90 heavy (non-hydrogen) atoms. The molecule has 6 unspecified atom stereocenters. The summed E-state index contributed by atoms with van der Waals surface area (Å²) >= 11 is 0. The maximum absolute atomic E-state index is 15.1. The van der Waals surface area contributed by atoms with Gasteiger partial charge >= 0.3 is 0 Å². The van der Waals surface area contributed by atoms with Crippen LogP contribution in [0.15, 0.2) is 12.2 Å². The van der Waals surface area contributed by atoms with Crippen LogP contribution in [0, 0.1) is 47.3 Å². The summed E-state index contributed by atoms with van der Waals surface area (Å²) in [5.74, 6) is -8.03. The van der Waals surface area contributed by atoms with E-state index in [1.54, 1.807) is 61.7 Å². The van der Waals surface area contributed by atoms with Gasteiger partial charge in [0.25, 0.3) is 0 Å². The average molecular weight is 1270 g/mol. The van der Waals surface area contributed by atoms with E-state index in [2.05, 4.69) is 26.6 Å². The van der Waals surface area contributed by atoms with Crippen LogP contribution < -0.4 is 26.6 Å². The fourth-order valence-corrected chi connectivity index (χ4v) is 11.0. The van der Waals surface area contributed by atoms with E-state index in [9.17, 15) is 43.5 Å². The highest BCUT2D eigenvalue weighted by atomic mass is 16.3. The summed E-state index contributed by atoms with van der Waals surface area (Å²) in [5, 5.41) is 26.2. The number of carbonyl (C=O) groups excluding carboxylic acids is 11. The number of amides is 10. The Labute approximate surface area is 541 Å². The number of nitrogens with zero attached hydrogens (tertiary/aromatic N) is 6. The van der Waals surface area contributed by atoms with E-state index in [0.717, 1.165) is 4.90 Å². The largest absolute Gasteiger partial charge is 0.390 e. The lowest BCUT2D eigenvalue weighted by Crippen LogP contribution is -2.64. The van der Waals surface area contributed by atoms with Crippen molar-refractivity contribution in [2.45, 2.75) is 256 Å². The first-order chi connectivity index (χ1) is 41.5. The Hall–Kier alpha value is -5.97. The molecule has 6 N–H and O–H groups in total. The van der Waals surface area contributed by atoms with Crippen molar-refractivity contribution >= 4 is 64.9 Å². The molecule has 0 fully saturated rings. The second-order valence-electron chi connectivity index (χ2n) is 27.9. The van der Waals surface area contributed by atoms with Crippen molar-refractivity contribution in [3.8, 4) is 0 Å². The van der Waals surface area contributed by atoms with Gasteiger partial charge in [-0.15, -0.1) is 0 Å². The van der Waals surface area contributed by atoms with E-state index in [1.165, 1.54) is 80.5 Å². The molecule has 0 aromatic carbocycles. The Kier molecular flexibility index (Phi) is 36.8. The van der Waals surface area contributed by atoms with Crippen LogP contribution in [-0.2, 0) is 52.7 Å². The van der Waals surface area contributed by atoms with E-state index in [0.29, 0.717) is 19.3 Å². The van der Waals surface area contributed by atoms with E-state index < -0.39 is 143 Å². The zero-order chi connectivity index (χ0) is 70.3. The van der Waals surface area contributed by atoms with Gasteiger partial charge in [0.1, 0.15) is 54.4 Å². The Morgan fingerprint density at radius 1 is 0.411 bits per heavy atom. The molecule has 0 radical (unpaired) electrons. The summed E-state index contributed by atoms with van der Waals surface area (Å²) in [7, 11) is 10.6. The van der Waals surface area contributed by atoms with Crippen LogP contribution in [0.25, 0.3) is 0 Å². The molecule has 0 bridgehead atoms. The number of rotatable bonds is 39. The summed E-state index contributed by atoms with van der Waals surface area (Å²) in [6.07, 6.45) is 3.83. The van der Waals surface area contributed by atoms with Gasteiger partial charge in [0.15, 0.2) is 5.78 Å². The van der Waals surface area contributed by atoms with Gasteiger partial charge in [-0.1, -0.05) is 123 Å². The molecular formula is C67H123N11O12. The number of aliphatic hydroxyl groups is 1. The van der Waals surface area contributed by atoms with Crippen LogP contribution in [0.5, 0.6) is 0 Å². The molecule has 0 aliphatic heterocycles. The first-order valence-corrected chi connectivity index (χ1v) is 32.8. The molecule has 13 atom stereocenters. The first-order valence-electron chi connectivity index (χ1n) is 32.8. The van der Waals surface area contributed by atoms with E-state index in [4.69, 9.17) is 0 Å². The molecule has 0 saturated heterocycles. The molecule has 0 rings (SSSR count). The Morgan fingerprint density at radius 3 is 1.18 bits per heavy atom. The number of allylic oxidation sites excluding steroid dienone is 2. The van der Waals surface area contributed by atoms with Gasteiger partial charge < -0.3 is 61.1 Å². The molecule has 23 heteroatoms. The van der Waals surface area contributed by atoms with Gasteiger partial charge in [-0.05, 0) is 127 Å². The van der Waals surface area contributed by atoms with Crippen molar-refractivity contribution < 1.29 is 57.8 Å². The number of aliphatic hydroxyl groups excluding tert-OH is 1. The Balaban J connectivity index is 7.40. The fraction of sp³-hybridized carbons (Fsp3) is 0.806. The topological polar surface area (TPSA) is 288 Å². The summed E-state index contributed by atoms with van der Waals surface area (Å²) in [6, 6.07) is -11.9. The number of hydrogen-bond donors (Lipinski definition) is 6. The molecule has 0 aromatic heterocycles. The van der Waals surface area contributed by atoms with Crippen molar-refractivity contribution in [1.82, 2.24) is 56.0 Å². The summed E-state index contributed by atoms with van der Waals surface area (Å²) < 4.78 is 0. The molecule has 0 saturated carbocycles. The van der Waals surface area contributed by atoms with Crippen molar-refractivity contribution in [1.29, 1.82) is 0 Å². The highest BCUT2D eigenvalue weighted by Gasteiger charge is 2.46. The number of carbonyl (C=O) groups is 11. The van der Waals surface area contributed by atoms with Crippen LogP contribution in [0.1, 0.15) is 183 Å². The second kappa shape index (κ2) is 39.4. The quantitative estimate of drug-likeness (QED) is 0.0442. The minimum Gasteiger partial charge on any atom is -0.390 e. The maximum Gasteiger partial charge on any atom is 0.246 e. The highest BCUT2D eigenvalue weighted by molar-refractivity contribution is 5.99. The van der Waals surface area contributed by atoms with Gasteiger partial charge in [-0.3, -0.25) is 52.7 Å². The molecular weight excluding hydrogens is 1150 g/mol. The lowest BCUT2D eigenvalue weighted by molar-refractivity contribution is -0.156. The van der Waals surface area contributed by atoms with Gasteiger partial charge in [0, 0.05) is 42.3 Å². The standard InChI is InChI=1S/C67H123N11O12/c1-28-30-31-44(17)57(80)56(78(27)67(90)55(43(15)16)77(26)65(88)53(36-41(11)12)76(25)63(86)49(68-21)32-37(3)4)61(84)71-48(29-2)62(85)75(24)52(35-40(9)10)64(87)73(22)51(34-39(7)8)60(83)72-54(42(13)14)66(89)74(23)50(33-38(5)6)59(82)70-46(19)58(81)69-45(18)47(20)79/h28,30,37-46,48-57,68,80H,29,31-36H2,1-27H3,(H,69,81)(H,70,82)(H,71,84)(H,72,83)/t44-,45-,46?,48?,49-,50+,51?,52?,53+,54+,55?,56+,57?/m1/s1. The number of ketones is 1. The third-order valence-corrected chi connectivity index (χ3v) is 16.9. The molecule has 0 heterocycles. The number of hydrogen-bond acceptors (Lipinski definition) is 13. The molecule has 0 aliphatic carbocycles. The monoisotopic (exact) mass is 1270 g/mol. The van der Waals surface area contributed by atoms with Gasteiger partial charge in [0.2, 0.25) is 59.1 Å². The summed E-state index contributed by atoms with van der Waals surface area (Å²) in [5.41, 5.74) is 0. The second-order valence-corrected chi connectivity index (χ2v) is 27.9. The lowest BCUT2D eigenvalue weighted by atomic mass is 9.91. The molecule has 0 spiro atoms. The molecule has 23 nitrogen and oxygen atoms in total. The summed E-state index contributed by atoms with van der Waals surface area (Å²) in [4.78, 5) is 165. The van der Waals surface area contributed by atoms with Crippen LogP contribution in [0.4, 0.5) is 0 Å². The number of likely N-dealkylation sites (N-methyl/N-ethyl adjacent to an activating group) is 7. The van der Waals surface area contributed by atoms with E-state index >= 15 is 14.4 Å². The third-order valence-electron chi connectivity index (χ3n) is 16.9. The Bertz CT molecular complexity index is 2400. The predicted molar refractivity (Wildman–Crippen MR) is 354 cm³/mol. The van der Waals surface area contributed by atoms with Gasteiger partial charge in [-0.25, -0.2) is 0 Å². The SMILES string of the molecule is CC=CC[C@@H](C)C(O)[C@@H](C(=O)NC(CC)C(=O)N(C)C(CC(C)C)C(=O)N(C)C(CC(C)C)C(=O)N[C@H](C(=O)N(C)[C@@H](CC(C)C)C(=O)NC(C)C(=O)N[C@H](C)C(C)=O)C(C)C)N(C)C(=O)C(C(C)C)N(C)C(=O)[C@H](CC(C)C)N(C)C(=O)[C@@H](CC(C)C)NC. The van der Waals surface area contributed by atoms with E-state index in [-0.39, 0.29) is 67.0 Å². The molecule has 0 aliphatic rings. The minimum absolute atomic E-state index is 0.0157.